The summed E-state index contributed by atoms with van der Waals surface area (Å²) in [5, 5.41) is 2.68. The SMILES string of the molecule is Cc1ccc(C2CC(C(=O)Nc3ccc(OC(F)(F)F)cc3)NN2)cc1. The lowest BCUT2D eigenvalue weighted by Crippen LogP contribution is -2.39. The summed E-state index contributed by atoms with van der Waals surface area (Å²) in [7, 11) is 0. The monoisotopic (exact) mass is 365 g/mol. The van der Waals surface area contributed by atoms with Crippen molar-refractivity contribution in [3.05, 3.63) is 59.7 Å². The zero-order valence-electron chi connectivity index (χ0n) is 13.9. The normalized spacial score (nSPS) is 20.0. The van der Waals surface area contributed by atoms with Crippen molar-refractivity contribution in [2.45, 2.75) is 31.8 Å². The Balaban J connectivity index is 1.56. The third kappa shape index (κ3) is 4.74. The quantitative estimate of drug-likeness (QED) is 0.777. The van der Waals surface area contributed by atoms with Crippen molar-refractivity contribution in [3.8, 4) is 5.75 Å². The lowest BCUT2D eigenvalue weighted by molar-refractivity contribution is -0.274. The van der Waals surface area contributed by atoms with Crippen molar-refractivity contribution < 1.29 is 22.7 Å². The number of amides is 1. The third-order valence-corrected chi connectivity index (χ3v) is 4.05. The second kappa shape index (κ2) is 7.35. The summed E-state index contributed by atoms with van der Waals surface area (Å²) in [4.78, 5) is 12.3. The van der Waals surface area contributed by atoms with Gasteiger partial charge in [0.2, 0.25) is 5.91 Å². The summed E-state index contributed by atoms with van der Waals surface area (Å²) in [5.74, 6) is -0.604. The van der Waals surface area contributed by atoms with Gasteiger partial charge in [0.05, 0.1) is 0 Å². The largest absolute Gasteiger partial charge is 0.573 e. The lowest BCUT2D eigenvalue weighted by Gasteiger charge is -2.12. The molecule has 0 spiro atoms. The number of benzene rings is 2. The topological polar surface area (TPSA) is 62.4 Å². The van der Waals surface area contributed by atoms with E-state index in [1.54, 1.807) is 0 Å². The number of anilines is 1. The molecular weight excluding hydrogens is 347 g/mol. The van der Waals surface area contributed by atoms with Crippen molar-refractivity contribution in [1.29, 1.82) is 0 Å². The predicted molar refractivity (Wildman–Crippen MR) is 90.4 cm³/mol. The number of alkyl halides is 3. The van der Waals surface area contributed by atoms with Crippen LogP contribution in [0.2, 0.25) is 0 Å². The maximum atomic E-state index is 12.3. The molecule has 1 aliphatic heterocycles. The van der Waals surface area contributed by atoms with Gasteiger partial charge in [0, 0.05) is 11.7 Å². The molecule has 2 unspecified atom stereocenters. The predicted octanol–water partition coefficient (Wildman–Crippen LogP) is 3.44. The minimum atomic E-state index is -4.74. The molecule has 0 bridgehead atoms. The molecule has 2 aromatic carbocycles. The molecule has 1 fully saturated rings. The van der Waals surface area contributed by atoms with Gasteiger partial charge >= 0.3 is 6.36 Å². The molecule has 1 saturated heterocycles. The van der Waals surface area contributed by atoms with Gasteiger partial charge in [-0.15, -0.1) is 13.2 Å². The van der Waals surface area contributed by atoms with E-state index in [0.717, 1.165) is 23.3 Å². The fraction of sp³-hybridized carbons (Fsp3) is 0.278. The van der Waals surface area contributed by atoms with Crippen LogP contribution < -0.4 is 20.9 Å². The number of hydrogen-bond donors (Lipinski definition) is 3. The Labute approximate surface area is 148 Å². The molecule has 1 aliphatic rings. The van der Waals surface area contributed by atoms with E-state index in [1.165, 1.54) is 12.1 Å². The highest BCUT2D eigenvalue weighted by molar-refractivity contribution is 5.95. The molecule has 0 radical (unpaired) electrons. The number of nitrogens with one attached hydrogen (secondary N) is 3. The first-order chi connectivity index (χ1) is 12.3. The first-order valence-corrected chi connectivity index (χ1v) is 8.04. The van der Waals surface area contributed by atoms with Crippen LogP contribution in [0.5, 0.6) is 5.75 Å². The van der Waals surface area contributed by atoms with Crippen molar-refractivity contribution in [2.24, 2.45) is 0 Å². The molecular formula is C18H18F3N3O2. The molecule has 1 heterocycles. The van der Waals surface area contributed by atoms with E-state index in [9.17, 15) is 18.0 Å². The van der Waals surface area contributed by atoms with Gasteiger partial charge in [-0.2, -0.15) is 0 Å². The number of halogens is 3. The maximum Gasteiger partial charge on any atom is 0.573 e. The van der Waals surface area contributed by atoms with E-state index in [0.29, 0.717) is 12.1 Å². The summed E-state index contributed by atoms with van der Waals surface area (Å²) < 4.78 is 40.2. The van der Waals surface area contributed by atoms with Crippen LogP contribution in [0, 0.1) is 6.92 Å². The summed E-state index contributed by atoms with van der Waals surface area (Å²) in [6.45, 7) is 2.01. The molecule has 8 heteroatoms. The molecule has 2 aromatic rings. The Bertz CT molecular complexity index is 761. The smallest absolute Gasteiger partial charge is 0.406 e. The highest BCUT2D eigenvalue weighted by atomic mass is 19.4. The molecule has 1 amide bonds. The number of aryl methyl sites for hydroxylation is 1. The average molecular weight is 365 g/mol. The van der Waals surface area contributed by atoms with Crippen LogP contribution in [-0.2, 0) is 4.79 Å². The van der Waals surface area contributed by atoms with E-state index >= 15 is 0 Å². The van der Waals surface area contributed by atoms with Gasteiger partial charge in [-0.3, -0.25) is 4.79 Å². The number of hydrogen-bond acceptors (Lipinski definition) is 4. The minimum Gasteiger partial charge on any atom is -0.406 e. The highest BCUT2D eigenvalue weighted by Crippen LogP contribution is 2.25. The molecule has 0 aliphatic carbocycles. The molecule has 5 nitrogen and oxygen atoms in total. The van der Waals surface area contributed by atoms with Crippen molar-refractivity contribution in [1.82, 2.24) is 10.9 Å². The van der Waals surface area contributed by atoms with E-state index < -0.39 is 12.4 Å². The van der Waals surface area contributed by atoms with Crippen molar-refractivity contribution in [2.75, 3.05) is 5.32 Å². The van der Waals surface area contributed by atoms with E-state index in [-0.39, 0.29) is 17.7 Å². The first-order valence-electron chi connectivity index (χ1n) is 8.04. The second-order valence-corrected chi connectivity index (χ2v) is 6.10. The van der Waals surface area contributed by atoms with Crippen molar-refractivity contribution in [3.63, 3.8) is 0 Å². The molecule has 3 rings (SSSR count). The summed E-state index contributed by atoms with van der Waals surface area (Å²) in [6.07, 6.45) is -4.18. The standard InChI is InChI=1S/C18H18F3N3O2/c1-11-2-4-12(5-3-11)15-10-16(24-23-15)17(25)22-13-6-8-14(9-7-13)26-18(19,20)21/h2-9,15-16,23-24H,10H2,1H3,(H,22,25). The number of ether oxygens (including phenoxy) is 1. The van der Waals surface area contributed by atoms with Crippen LogP contribution in [-0.4, -0.2) is 18.3 Å². The van der Waals surface area contributed by atoms with Crippen LogP contribution in [0.1, 0.15) is 23.6 Å². The van der Waals surface area contributed by atoms with Gasteiger partial charge in [-0.05, 0) is 43.2 Å². The molecule has 2 atom stereocenters. The fourth-order valence-corrected chi connectivity index (χ4v) is 2.71. The third-order valence-electron chi connectivity index (χ3n) is 4.05. The van der Waals surface area contributed by atoms with Gasteiger partial charge < -0.3 is 10.1 Å². The molecule has 138 valence electrons. The Morgan fingerprint density at radius 1 is 1.08 bits per heavy atom. The molecule has 3 N–H and O–H groups in total. The molecule has 0 saturated carbocycles. The van der Waals surface area contributed by atoms with Gasteiger partial charge in [0.25, 0.3) is 0 Å². The zero-order valence-corrected chi connectivity index (χ0v) is 13.9. The van der Waals surface area contributed by atoms with E-state index in [2.05, 4.69) is 20.9 Å². The van der Waals surface area contributed by atoms with Crippen LogP contribution in [0.15, 0.2) is 48.5 Å². The number of carbonyl (C=O) groups excluding carboxylic acids is 1. The Morgan fingerprint density at radius 2 is 1.73 bits per heavy atom. The lowest BCUT2D eigenvalue weighted by atomic mass is 10.0. The van der Waals surface area contributed by atoms with Crippen LogP contribution in [0.25, 0.3) is 0 Å². The van der Waals surface area contributed by atoms with Crippen LogP contribution in [0.4, 0.5) is 18.9 Å². The summed E-state index contributed by atoms with van der Waals surface area (Å²) in [5.41, 5.74) is 8.66. The Morgan fingerprint density at radius 3 is 2.35 bits per heavy atom. The molecule has 26 heavy (non-hydrogen) atoms. The van der Waals surface area contributed by atoms with E-state index in [1.807, 2.05) is 31.2 Å². The number of hydrazine groups is 1. The van der Waals surface area contributed by atoms with E-state index in [4.69, 9.17) is 0 Å². The summed E-state index contributed by atoms with van der Waals surface area (Å²) in [6, 6.07) is 12.6. The maximum absolute atomic E-state index is 12.3. The Hall–Kier alpha value is -2.58. The average Bonchev–Trinajstić information content (AvgIpc) is 3.06. The highest BCUT2D eigenvalue weighted by Gasteiger charge is 2.31. The first kappa shape index (κ1) is 18.2. The number of carbonyl (C=O) groups is 1. The van der Waals surface area contributed by atoms with Crippen LogP contribution in [0.3, 0.4) is 0 Å². The van der Waals surface area contributed by atoms with Gasteiger partial charge in [-0.1, -0.05) is 29.8 Å². The Kier molecular flexibility index (Phi) is 5.15. The van der Waals surface area contributed by atoms with Crippen LogP contribution >= 0.6 is 0 Å². The summed E-state index contributed by atoms with van der Waals surface area (Å²) >= 11 is 0. The zero-order chi connectivity index (χ0) is 18.7. The fourth-order valence-electron chi connectivity index (χ4n) is 2.71. The minimum absolute atomic E-state index is 0.00825. The van der Waals surface area contributed by atoms with Gasteiger partial charge in [-0.25, -0.2) is 10.9 Å². The number of rotatable bonds is 4. The molecule has 0 aromatic heterocycles. The van der Waals surface area contributed by atoms with Gasteiger partial charge in [0.15, 0.2) is 0 Å². The van der Waals surface area contributed by atoms with Crippen molar-refractivity contribution >= 4 is 11.6 Å². The second-order valence-electron chi connectivity index (χ2n) is 6.10. The van der Waals surface area contributed by atoms with Gasteiger partial charge in [0.1, 0.15) is 11.8 Å².